The molecule has 2 aromatic rings. The Balaban J connectivity index is 1.49. The molecule has 0 atom stereocenters. The number of aryl methyl sites for hydroxylation is 3. The third kappa shape index (κ3) is 5.99. The Kier molecular flexibility index (Phi) is 8.76. The van der Waals surface area contributed by atoms with Gasteiger partial charge in [0.05, 0.1) is 27.9 Å². The van der Waals surface area contributed by atoms with Crippen molar-refractivity contribution >= 4 is 17.5 Å². The van der Waals surface area contributed by atoms with Crippen LogP contribution in [0.1, 0.15) is 23.1 Å². The molecule has 0 unspecified atom stereocenters. The smallest absolute Gasteiger partial charge is 0.238 e. The van der Waals surface area contributed by atoms with E-state index in [1.54, 1.807) is 21.3 Å². The maximum absolute atomic E-state index is 12.8. The zero-order chi connectivity index (χ0) is 24.7. The second-order valence-electron chi connectivity index (χ2n) is 8.47. The summed E-state index contributed by atoms with van der Waals surface area (Å²) in [5, 5.41) is 3.03. The lowest BCUT2D eigenvalue weighted by atomic mass is 10.1. The number of nitrogens with one attached hydrogen (secondary N) is 1. The zero-order valence-corrected chi connectivity index (χ0v) is 20.8. The van der Waals surface area contributed by atoms with Crippen molar-refractivity contribution in [3.05, 3.63) is 47.0 Å². The fraction of sp³-hybridized carbons (Fsp3) is 0.462. The van der Waals surface area contributed by atoms with Gasteiger partial charge in [0.25, 0.3) is 0 Å². The molecule has 0 saturated carbocycles. The molecule has 8 heteroatoms. The molecule has 1 heterocycles. The molecular formula is C26H35N3O5. The lowest BCUT2D eigenvalue weighted by Crippen LogP contribution is -2.50. The molecule has 184 valence electrons. The number of rotatable bonds is 9. The van der Waals surface area contributed by atoms with E-state index in [0.29, 0.717) is 62.8 Å². The molecule has 2 aromatic carbocycles. The van der Waals surface area contributed by atoms with Crippen molar-refractivity contribution in [3.63, 3.8) is 0 Å². The third-order valence-electron chi connectivity index (χ3n) is 6.23. The molecule has 1 aliphatic heterocycles. The number of carbonyl (C=O) groups excluding carboxylic acids is 2. The summed E-state index contributed by atoms with van der Waals surface area (Å²) in [6.45, 7) is 6.86. The number of carbonyl (C=O) groups is 2. The van der Waals surface area contributed by atoms with Crippen LogP contribution < -0.4 is 19.5 Å². The molecule has 2 amide bonds. The van der Waals surface area contributed by atoms with Crippen LogP contribution in [0.4, 0.5) is 5.69 Å². The normalized spacial score (nSPS) is 14.0. The predicted molar refractivity (Wildman–Crippen MR) is 132 cm³/mol. The minimum absolute atomic E-state index is 0.0299. The van der Waals surface area contributed by atoms with Crippen LogP contribution >= 0.6 is 0 Å². The standard InChI is InChI=1S/C26H35N3O5/c1-18-7-6-8-19(2)24(18)27-22(30)17-28-13-15-29(16-14-28)23(31)12-10-20-9-11-21(32-3)26(34-5)25(20)33-4/h6-9,11H,10,12-17H2,1-5H3,(H,27,30). The molecule has 0 spiro atoms. The van der Waals surface area contributed by atoms with Gasteiger partial charge < -0.3 is 24.4 Å². The Labute approximate surface area is 201 Å². The first-order chi connectivity index (χ1) is 16.4. The van der Waals surface area contributed by atoms with E-state index in [9.17, 15) is 9.59 Å². The first kappa shape index (κ1) is 25.4. The first-order valence-electron chi connectivity index (χ1n) is 11.5. The number of amides is 2. The number of methoxy groups -OCH3 is 3. The van der Waals surface area contributed by atoms with E-state index in [4.69, 9.17) is 14.2 Å². The predicted octanol–water partition coefficient (Wildman–Crippen LogP) is 3.04. The van der Waals surface area contributed by atoms with E-state index < -0.39 is 0 Å². The summed E-state index contributed by atoms with van der Waals surface area (Å²) in [7, 11) is 4.73. The summed E-state index contributed by atoms with van der Waals surface area (Å²) in [5.74, 6) is 1.78. The van der Waals surface area contributed by atoms with Crippen LogP contribution in [0.2, 0.25) is 0 Å². The number of nitrogens with zero attached hydrogens (tertiary/aromatic N) is 2. The van der Waals surface area contributed by atoms with E-state index >= 15 is 0 Å². The first-order valence-corrected chi connectivity index (χ1v) is 11.5. The Bertz CT molecular complexity index is 995. The number of para-hydroxylation sites is 1. The lowest BCUT2D eigenvalue weighted by Gasteiger charge is -2.34. The Morgan fingerprint density at radius 2 is 1.53 bits per heavy atom. The quantitative estimate of drug-likeness (QED) is 0.608. The summed E-state index contributed by atoms with van der Waals surface area (Å²) >= 11 is 0. The van der Waals surface area contributed by atoms with Gasteiger partial charge in [0, 0.05) is 38.3 Å². The maximum atomic E-state index is 12.8. The molecule has 0 aromatic heterocycles. The van der Waals surface area contributed by atoms with Crippen LogP contribution in [0.3, 0.4) is 0 Å². The van der Waals surface area contributed by atoms with Gasteiger partial charge in [-0.1, -0.05) is 24.3 Å². The van der Waals surface area contributed by atoms with E-state index in [2.05, 4.69) is 10.2 Å². The Hall–Kier alpha value is -3.26. The highest BCUT2D eigenvalue weighted by molar-refractivity contribution is 5.93. The Morgan fingerprint density at radius 1 is 0.882 bits per heavy atom. The molecular weight excluding hydrogens is 434 g/mol. The lowest BCUT2D eigenvalue weighted by molar-refractivity contribution is -0.133. The van der Waals surface area contributed by atoms with Crippen molar-refractivity contribution in [1.82, 2.24) is 9.80 Å². The summed E-state index contributed by atoms with van der Waals surface area (Å²) in [5.41, 5.74) is 3.88. The van der Waals surface area contributed by atoms with Gasteiger partial charge in [-0.05, 0) is 43.0 Å². The average Bonchev–Trinajstić information content (AvgIpc) is 2.84. The van der Waals surface area contributed by atoms with Crippen LogP contribution in [-0.2, 0) is 16.0 Å². The summed E-state index contributed by atoms with van der Waals surface area (Å²) in [6, 6.07) is 9.69. The van der Waals surface area contributed by atoms with Crippen molar-refractivity contribution in [3.8, 4) is 17.2 Å². The minimum atomic E-state index is -0.0299. The molecule has 0 aliphatic carbocycles. The highest BCUT2D eigenvalue weighted by atomic mass is 16.5. The third-order valence-corrected chi connectivity index (χ3v) is 6.23. The van der Waals surface area contributed by atoms with E-state index in [-0.39, 0.29) is 11.8 Å². The van der Waals surface area contributed by atoms with Crippen LogP contribution in [0, 0.1) is 13.8 Å². The summed E-state index contributed by atoms with van der Waals surface area (Å²) < 4.78 is 16.3. The molecule has 1 aliphatic rings. The van der Waals surface area contributed by atoms with Gasteiger partial charge in [0.1, 0.15) is 0 Å². The molecule has 1 saturated heterocycles. The number of piperazine rings is 1. The van der Waals surface area contributed by atoms with Crippen molar-refractivity contribution in [2.45, 2.75) is 26.7 Å². The number of hydrogen-bond donors (Lipinski definition) is 1. The minimum Gasteiger partial charge on any atom is -0.493 e. The molecule has 0 bridgehead atoms. The van der Waals surface area contributed by atoms with E-state index in [0.717, 1.165) is 22.4 Å². The zero-order valence-electron chi connectivity index (χ0n) is 20.8. The topological polar surface area (TPSA) is 80.3 Å². The van der Waals surface area contributed by atoms with E-state index in [1.165, 1.54) is 0 Å². The SMILES string of the molecule is COc1ccc(CCC(=O)N2CCN(CC(=O)Nc3c(C)cccc3C)CC2)c(OC)c1OC. The average molecular weight is 470 g/mol. The van der Waals surface area contributed by atoms with Crippen molar-refractivity contribution in [1.29, 1.82) is 0 Å². The van der Waals surface area contributed by atoms with Crippen LogP contribution in [0.25, 0.3) is 0 Å². The number of ether oxygens (including phenoxy) is 3. The highest BCUT2D eigenvalue weighted by Gasteiger charge is 2.23. The van der Waals surface area contributed by atoms with Gasteiger partial charge in [-0.25, -0.2) is 0 Å². The van der Waals surface area contributed by atoms with Gasteiger partial charge in [-0.3, -0.25) is 14.5 Å². The highest BCUT2D eigenvalue weighted by Crippen LogP contribution is 2.40. The van der Waals surface area contributed by atoms with Crippen LogP contribution in [0.5, 0.6) is 17.2 Å². The van der Waals surface area contributed by atoms with Gasteiger partial charge in [0.15, 0.2) is 11.5 Å². The summed E-state index contributed by atoms with van der Waals surface area (Å²) in [6.07, 6.45) is 0.916. The van der Waals surface area contributed by atoms with Crippen molar-refractivity contribution < 1.29 is 23.8 Å². The number of hydrogen-bond acceptors (Lipinski definition) is 6. The summed E-state index contributed by atoms with van der Waals surface area (Å²) in [4.78, 5) is 29.3. The maximum Gasteiger partial charge on any atom is 0.238 e. The molecule has 1 N–H and O–H groups in total. The number of benzene rings is 2. The van der Waals surface area contributed by atoms with Gasteiger partial charge in [-0.2, -0.15) is 0 Å². The van der Waals surface area contributed by atoms with E-state index in [1.807, 2.05) is 49.1 Å². The molecule has 34 heavy (non-hydrogen) atoms. The van der Waals surface area contributed by atoms with Gasteiger partial charge in [0.2, 0.25) is 17.6 Å². The monoisotopic (exact) mass is 469 g/mol. The number of anilines is 1. The Morgan fingerprint density at radius 3 is 2.12 bits per heavy atom. The van der Waals surface area contributed by atoms with Gasteiger partial charge in [-0.15, -0.1) is 0 Å². The second kappa shape index (κ2) is 11.7. The second-order valence-corrected chi connectivity index (χ2v) is 8.47. The molecule has 1 fully saturated rings. The molecule has 0 radical (unpaired) electrons. The molecule has 3 rings (SSSR count). The largest absolute Gasteiger partial charge is 0.493 e. The molecule has 8 nitrogen and oxygen atoms in total. The fourth-order valence-electron chi connectivity index (χ4n) is 4.31. The van der Waals surface area contributed by atoms with Gasteiger partial charge >= 0.3 is 0 Å². The van der Waals surface area contributed by atoms with Crippen LogP contribution in [0.15, 0.2) is 30.3 Å². The van der Waals surface area contributed by atoms with Crippen LogP contribution in [-0.4, -0.2) is 75.7 Å². The fourth-order valence-corrected chi connectivity index (χ4v) is 4.31. The van der Waals surface area contributed by atoms with Crippen molar-refractivity contribution in [2.24, 2.45) is 0 Å². The van der Waals surface area contributed by atoms with Crippen molar-refractivity contribution in [2.75, 3.05) is 59.4 Å².